The van der Waals surface area contributed by atoms with Gasteiger partial charge >= 0.3 is 0 Å². The van der Waals surface area contributed by atoms with Gasteiger partial charge in [0.15, 0.2) is 17.3 Å². The molecule has 1 unspecified atom stereocenters. The predicted molar refractivity (Wildman–Crippen MR) is 101 cm³/mol. The summed E-state index contributed by atoms with van der Waals surface area (Å²) in [6, 6.07) is 11.1. The first-order valence-electron chi connectivity index (χ1n) is 8.95. The number of benzene rings is 2. The van der Waals surface area contributed by atoms with Gasteiger partial charge in [-0.1, -0.05) is 24.3 Å². The molecular weight excluding hydrogens is 358 g/mol. The van der Waals surface area contributed by atoms with Crippen molar-refractivity contribution in [3.05, 3.63) is 58.9 Å². The van der Waals surface area contributed by atoms with Crippen LogP contribution < -0.4 is 9.47 Å². The molecule has 8 heteroatoms. The topological polar surface area (TPSA) is 82.4 Å². The summed E-state index contributed by atoms with van der Waals surface area (Å²) in [5.41, 5.74) is 3.83. The summed E-state index contributed by atoms with van der Waals surface area (Å²) >= 11 is 0. The number of tetrazole rings is 1. The lowest BCUT2D eigenvalue weighted by molar-refractivity contribution is -0.129. The van der Waals surface area contributed by atoms with Gasteiger partial charge in [0.25, 0.3) is 0 Å². The third kappa shape index (κ3) is 2.96. The fourth-order valence-electron chi connectivity index (χ4n) is 3.47. The van der Waals surface area contributed by atoms with Gasteiger partial charge in [-0.05, 0) is 53.1 Å². The molecule has 0 saturated carbocycles. The van der Waals surface area contributed by atoms with Gasteiger partial charge in [-0.15, -0.1) is 5.10 Å². The highest BCUT2D eigenvalue weighted by Gasteiger charge is 2.30. The Labute approximate surface area is 162 Å². The summed E-state index contributed by atoms with van der Waals surface area (Å²) < 4.78 is 12.6. The molecule has 28 heavy (non-hydrogen) atoms. The highest BCUT2D eigenvalue weighted by molar-refractivity contribution is 5.74. The van der Waals surface area contributed by atoms with Crippen LogP contribution >= 0.6 is 0 Å². The Morgan fingerprint density at radius 2 is 1.86 bits per heavy atom. The summed E-state index contributed by atoms with van der Waals surface area (Å²) in [5.74, 6) is 1.78. The maximum Gasteiger partial charge on any atom is 0.231 e. The third-order valence-electron chi connectivity index (χ3n) is 4.99. The van der Waals surface area contributed by atoms with Crippen molar-refractivity contribution < 1.29 is 14.3 Å². The van der Waals surface area contributed by atoms with Crippen LogP contribution in [0.3, 0.4) is 0 Å². The molecule has 1 aromatic heterocycles. The molecule has 0 saturated heterocycles. The highest BCUT2D eigenvalue weighted by Crippen LogP contribution is 2.37. The van der Waals surface area contributed by atoms with Gasteiger partial charge < -0.3 is 14.4 Å². The number of hydrogen-bond donors (Lipinski definition) is 0. The SMILES string of the molecule is CC(=O)N(C)C(c1ccc2c(c1)OCO2)c1nnnn1-c1c(C)cccc1C. The first kappa shape index (κ1) is 18.0. The zero-order valence-electron chi connectivity index (χ0n) is 16.2. The fraction of sp³-hybridized carbons (Fsp3) is 0.300. The molecule has 1 aliphatic rings. The van der Waals surface area contributed by atoms with Gasteiger partial charge in [0, 0.05) is 14.0 Å². The van der Waals surface area contributed by atoms with Crippen molar-refractivity contribution in [2.75, 3.05) is 13.8 Å². The minimum absolute atomic E-state index is 0.0984. The van der Waals surface area contributed by atoms with Crippen molar-refractivity contribution in [1.82, 2.24) is 25.1 Å². The molecule has 2 aromatic carbocycles. The number of ether oxygens (including phenoxy) is 2. The Kier molecular flexibility index (Phi) is 4.46. The van der Waals surface area contributed by atoms with Crippen LogP contribution in [0.5, 0.6) is 11.5 Å². The zero-order chi connectivity index (χ0) is 19.8. The summed E-state index contributed by atoms with van der Waals surface area (Å²) in [5, 5.41) is 12.4. The number of amides is 1. The van der Waals surface area contributed by atoms with Crippen LogP contribution in [0, 0.1) is 13.8 Å². The molecule has 0 radical (unpaired) electrons. The molecular formula is C20H21N5O3. The van der Waals surface area contributed by atoms with E-state index >= 15 is 0 Å². The lowest BCUT2D eigenvalue weighted by atomic mass is 10.0. The predicted octanol–water partition coefficient (Wildman–Crippen LogP) is 2.58. The molecule has 0 N–H and O–H groups in total. The summed E-state index contributed by atoms with van der Waals surface area (Å²) in [6.45, 7) is 5.73. The highest BCUT2D eigenvalue weighted by atomic mass is 16.7. The molecule has 0 aliphatic carbocycles. The zero-order valence-corrected chi connectivity index (χ0v) is 16.2. The van der Waals surface area contributed by atoms with Gasteiger partial charge in [0.1, 0.15) is 6.04 Å². The molecule has 0 spiro atoms. The molecule has 0 fully saturated rings. The molecule has 8 nitrogen and oxygen atoms in total. The van der Waals surface area contributed by atoms with Crippen LogP contribution in [0.4, 0.5) is 0 Å². The molecule has 0 bridgehead atoms. The number of aryl methyl sites for hydroxylation is 2. The van der Waals surface area contributed by atoms with E-state index in [1.165, 1.54) is 6.92 Å². The van der Waals surface area contributed by atoms with E-state index in [1.54, 1.807) is 16.6 Å². The largest absolute Gasteiger partial charge is 0.454 e. The number of carbonyl (C=O) groups excluding carboxylic acids is 1. The number of rotatable bonds is 4. The van der Waals surface area contributed by atoms with Crippen molar-refractivity contribution in [2.24, 2.45) is 0 Å². The first-order chi connectivity index (χ1) is 13.5. The van der Waals surface area contributed by atoms with E-state index in [1.807, 2.05) is 50.2 Å². The van der Waals surface area contributed by atoms with Crippen molar-refractivity contribution in [3.63, 3.8) is 0 Å². The molecule has 144 valence electrons. The molecule has 1 amide bonds. The van der Waals surface area contributed by atoms with Gasteiger partial charge in [-0.25, -0.2) is 0 Å². The van der Waals surface area contributed by atoms with E-state index in [0.717, 1.165) is 22.4 Å². The molecule has 3 aromatic rings. The Morgan fingerprint density at radius 3 is 2.57 bits per heavy atom. The Hall–Kier alpha value is -3.42. The number of aromatic nitrogens is 4. The van der Waals surface area contributed by atoms with Crippen LogP contribution in [0.2, 0.25) is 0 Å². The van der Waals surface area contributed by atoms with Crippen LogP contribution in [-0.4, -0.2) is 44.9 Å². The molecule has 1 aliphatic heterocycles. The minimum Gasteiger partial charge on any atom is -0.454 e. The Morgan fingerprint density at radius 1 is 1.14 bits per heavy atom. The van der Waals surface area contributed by atoms with Gasteiger partial charge in [0.05, 0.1) is 5.69 Å². The summed E-state index contributed by atoms with van der Waals surface area (Å²) in [7, 11) is 1.74. The second-order valence-electron chi connectivity index (χ2n) is 6.83. The molecule has 4 rings (SSSR count). The average Bonchev–Trinajstić information content (AvgIpc) is 3.31. The van der Waals surface area contributed by atoms with Gasteiger partial charge in [-0.2, -0.15) is 4.68 Å². The van der Waals surface area contributed by atoms with Crippen molar-refractivity contribution in [2.45, 2.75) is 26.8 Å². The van der Waals surface area contributed by atoms with Gasteiger partial charge in [-0.3, -0.25) is 4.79 Å². The smallest absolute Gasteiger partial charge is 0.231 e. The second kappa shape index (κ2) is 6.95. The van der Waals surface area contributed by atoms with E-state index in [0.29, 0.717) is 17.3 Å². The van der Waals surface area contributed by atoms with Crippen molar-refractivity contribution in [1.29, 1.82) is 0 Å². The third-order valence-corrected chi connectivity index (χ3v) is 4.99. The van der Waals surface area contributed by atoms with E-state index in [4.69, 9.17) is 9.47 Å². The van der Waals surface area contributed by atoms with E-state index in [2.05, 4.69) is 15.5 Å². The molecule has 1 atom stereocenters. The number of nitrogens with zero attached hydrogens (tertiary/aromatic N) is 5. The van der Waals surface area contributed by atoms with Crippen molar-refractivity contribution >= 4 is 5.91 Å². The second-order valence-corrected chi connectivity index (χ2v) is 6.83. The number of para-hydroxylation sites is 1. The number of fused-ring (bicyclic) bond motifs is 1. The van der Waals surface area contributed by atoms with E-state index in [-0.39, 0.29) is 12.7 Å². The lowest BCUT2D eigenvalue weighted by Crippen LogP contribution is -2.32. The van der Waals surface area contributed by atoms with Crippen LogP contribution in [0.1, 0.15) is 35.5 Å². The van der Waals surface area contributed by atoms with Crippen LogP contribution in [0.25, 0.3) is 5.69 Å². The fourth-order valence-corrected chi connectivity index (χ4v) is 3.47. The first-order valence-corrected chi connectivity index (χ1v) is 8.95. The van der Waals surface area contributed by atoms with E-state index in [9.17, 15) is 4.79 Å². The monoisotopic (exact) mass is 379 g/mol. The molecule has 2 heterocycles. The summed E-state index contributed by atoms with van der Waals surface area (Å²) in [4.78, 5) is 13.9. The van der Waals surface area contributed by atoms with Gasteiger partial charge in [0.2, 0.25) is 12.7 Å². The maximum atomic E-state index is 12.3. The quantitative estimate of drug-likeness (QED) is 0.693. The van der Waals surface area contributed by atoms with E-state index < -0.39 is 6.04 Å². The summed E-state index contributed by atoms with van der Waals surface area (Å²) in [6.07, 6.45) is 0. The van der Waals surface area contributed by atoms with Crippen molar-refractivity contribution in [3.8, 4) is 17.2 Å². The minimum atomic E-state index is -0.485. The van der Waals surface area contributed by atoms with Crippen LogP contribution in [0.15, 0.2) is 36.4 Å². The average molecular weight is 379 g/mol. The lowest BCUT2D eigenvalue weighted by Gasteiger charge is -2.27. The normalized spacial score (nSPS) is 13.4. The number of carbonyl (C=O) groups is 1. The Balaban J connectivity index is 1.88. The van der Waals surface area contributed by atoms with Crippen LogP contribution in [-0.2, 0) is 4.79 Å². The Bertz CT molecular complexity index is 1030. The maximum absolute atomic E-state index is 12.3. The number of hydrogen-bond acceptors (Lipinski definition) is 6. The standard InChI is InChI=1S/C20H21N5O3/c1-12-6-5-7-13(2)18(12)25-20(21-22-23-25)19(24(4)14(3)26)15-8-9-16-17(10-15)28-11-27-16/h5-10,19H,11H2,1-4H3.